The second-order valence-corrected chi connectivity index (χ2v) is 2.83. The van der Waals surface area contributed by atoms with Crippen molar-refractivity contribution < 1.29 is 9.21 Å². The van der Waals surface area contributed by atoms with Crippen molar-refractivity contribution in [2.24, 2.45) is 5.73 Å². The van der Waals surface area contributed by atoms with Gasteiger partial charge in [-0.25, -0.2) is 4.79 Å². The van der Waals surface area contributed by atoms with Crippen molar-refractivity contribution in [1.82, 2.24) is 5.32 Å². The fourth-order valence-electron chi connectivity index (χ4n) is 1.09. The van der Waals surface area contributed by atoms with Gasteiger partial charge in [0, 0.05) is 13.0 Å². The third-order valence-corrected chi connectivity index (χ3v) is 1.73. The molecular weight excluding hydrogens is 168 g/mol. The molecule has 0 atom stereocenters. The van der Waals surface area contributed by atoms with Gasteiger partial charge in [0.1, 0.15) is 5.76 Å². The molecule has 0 saturated carbocycles. The van der Waals surface area contributed by atoms with Gasteiger partial charge in [0.2, 0.25) is 0 Å². The molecule has 0 aliphatic rings. The molecule has 0 unspecified atom stereocenters. The minimum atomic E-state index is -0.460. The molecule has 0 saturated heterocycles. The minimum absolute atomic E-state index is 0.460. The van der Waals surface area contributed by atoms with Gasteiger partial charge in [-0.1, -0.05) is 0 Å². The van der Waals surface area contributed by atoms with Crippen molar-refractivity contribution >= 4 is 6.03 Å². The molecular formula is C9H14N2O2. The summed E-state index contributed by atoms with van der Waals surface area (Å²) in [5.41, 5.74) is 4.90. The van der Waals surface area contributed by atoms with Crippen LogP contribution in [0.5, 0.6) is 0 Å². The molecule has 2 amide bonds. The van der Waals surface area contributed by atoms with E-state index in [1.165, 1.54) is 0 Å². The lowest BCUT2D eigenvalue weighted by Gasteiger charge is -1.99. The van der Waals surface area contributed by atoms with E-state index >= 15 is 0 Å². The molecule has 0 aromatic carbocycles. The largest absolute Gasteiger partial charge is 0.469 e. The normalized spacial score (nSPS) is 9.85. The van der Waals surface area contributed by atoms with Crippen molar-refractivity contribution in [2.75, 3.05) is 6.54 Å². The lowest BCUT2D eigenvalue weighted by atomic mass is 10.2. The minimum Gasteiger partial charge on any atom is -0.469 e. The first-order valence-electron chi connectivity index (χ1n) is 4.35. The number of aryl methyl sites for hydroxylation is 1. The van der Waals surface area contributed by atoms with Crippen LogP contribution < -0.4 is 11.1 Å². The van der Waals surface area contributed by atoms with Crippen LogP contribution in [0.2, 0.25) is 0 Å². The number of carbonyl (C=O) groups excluding carboxylic acids is 1. The van der Waals surface area contributed by atoms with Crippen molar-refractivity contribution in [2.45, 2.75) is 19.3 Å². The number of hydrogen-bond donors (Lipinski definition) is 2. The maximum atomic E-state index is 10.3. The summed E-state index contributed by atoms with van der Waals surface area (Å²) in [7, 11) is 0. The predicted molar refractivity (Wildman–Crippen MR) is 49.2 cm³/mol. The van der Waals surface area contributed by atoms with Crippen LogP contribution >= 0.6 is 0 Å². The highest BCUT2D eigenvalue weighted by Gasteiger charge is 1.95. The van der Waals surface area contributed by atoms with Crippen LogP contribution in [-0.2, 0) is 6.42 Å². The average Bonchev–Trinajstić information content (AvgIpc) is 2.55. The van der Waals surface area contributed by atoms with Gasteiger partial charge in [-0.2, -0.15) is 0 Å². The number of furan rings is 1. The summed E-state index contributed by atoms with van der Waals surface area (Å²) >= 11 is 0. The number of amides is 2. The van der Waals surface area contributed by atoms with E-state index in [1.54, 1.807) is 6.26 Å². The second-order valence-electron chi connectivity index (χ2n) is 2.83. The van der Waals surface area contributed by atoms with Gasteiger partial charge in [0.05, 0.1) is 6.26 Å². The van der Waals surface area contributed by atoms with Crippen LogP contribution in [0, 0.1) is 0 Å². The Bertz CT molecular complexity index is 244. The molecule has 0 aliphatic carbocycles. The Balaban J connectivity index is 1.99. The standard InChI is InChI=1S/C9H14N2O2/c10-9(12)11-6-2-1-4-8-5-3-7-13-8/h3,5,7H,1-2,4,6H2,(H3,10,11,12). The van der Waals surface area contributed by atoms with Crippen molar-refractivity contribution in [1.29, 1.82) is 0 Å². The van der Waals surface area contributed by atoms with E-state index in [-0.39, 0.29) is 0 Å². The summed E-state index contributed by atoms with van der Waals surface area (Å²) in [5, 5.41) is 2.53. The zero-order valence-corrected chi connectivity index (χ0v) is 7.45. The van der Waals surface area contributed by atoms with Gasteiger partial charge < -0.3 is 15.5 Å². The Morgan fingerprint density at radius 2 is 2.38 bits per heavy atom. The molecule has 13 heavy (non-hydrogen) atoms. The van der Waals surface area contributed by atoms with E-state index in [4.69, 9.17) is 10.2 Å². The fourth-order valence-corrected chi connectivity index (χ4v) is 1.09. The Hall–Kier alpha value is -1.45. The summed E-state index contributed by atoms with van der Waals surface area (Å²) in [6, 6.07) is 3.36. The van der Waals surface area contributed by atoms with Gasteiger partial charge in [-0.05, 0) is 25.0 Å². The van der Waals surface area contributed by atoms with Crippen LogP contribution in [-0.4, -0.2) is 12.6 Å². The zero-order chi connectivity index (χ0) is 9.52. The van der Waals surface area contributed by atoms with E-state index < -0.39 is 6.03 Å². The monoisotopic (exact) mass is 182 g/mol. The van der Waals surface area contributed by atoms with Crippen molar-refractivity contribution in [3.05, 3.63) is 24.2 Å². The molecule has 1 heterocycles. The molecule has 72 valence electrons. The predicted octanol–water partition coefficient (Wildman–Crippen LogP) is 1.27. The number of urea groups is 1. The number of carbonyl (C=O) groups is 1. The lowest BCUT2D eigenvalue weighted by molar-refractivity contribution is 0.248. The quantitative estimate of drug-likeness (QED) is 0.673. The molecule has 1 aromatic rings. The second kappa shape index (κ2) is 5.24. The van der Waals surface area contributed by atoms with Crippen LogP contribution in [0.3, 0.4) is 0 Å². The molecule has 3 N–H and O–H groups in total. The molecule has 1 rings (SSSR count). The van der Waals surface area contributed by atoms with Crippen LogP contribution in [0.25, 0.3) is 0 Å². The molecule has 0 spiro atoms. The van der Waals surface area contributed by atoms with E-state index in [9.17, 15) is 4.79 Å². The van der Waals surface area contributed by atoms with E-state index in [1.807, 2.05) is 12.1 Å². The number of hydrogen-bond acceptors (Lipinski definition) is 2. The Morgan fingerprint density at radius 1 is 1.54 bits per heavy atom. The molecule has 0 fully saturated rings. The number of primary amides is 1. The molecule has 4 heteroatoms. The summed E-state index contributed by atoms with van der Waals surface area (Å²) in [4.78, 5) is 10.3. The van der Waals surface area contributed by atoms with Gasteiger partial charge >= 0.3 is 6.03 Å². The highest BCUT2D eigenvalue weighted by atomic mass is 16.3. The number of rotatable bonds is 5. The van der Waals surface area contributed by atoms with Crippen LogP contribution in [0.4, 0.5) is 4.79 Å². The van der Waals surface area contributed by atoms with Crippen LogP contribution in [0.15, 0.2) is 22.8 Å². The topological polar surface area (TPSA) is 68.3 Å². The number of nitrogens with one attached hydrogen (secondary N) is 1. The maximum Gasteiger partial charge on any atom is 0.312 e. The average molecular weight is 182 g/mol. The molecule has 0 radical (unpaired) electrons. The molecule has 4 nitrogen and oxygen atoms in total. The highest BCUT2D eigenvalue weighted by Crippen LogP contribution is 2.04. The van der Waals surface area contributed by atoms with E-state index in [0.717, 1.165) is 25.0 Å². The molecule has 0 bridgehead atoms. The van der Waals surface area contributed by atoms with Gasteiger partial charge in [-0.3, -0.25) is 0 Å². The zero-order valence-electron chi connectivity index (χ0n) is 7.45. The smallest absolute Gasteiger partial charge is 0.312 e. The van der Waals surface area contributed by atoms with Crippen LogP contribution in [0.1, 0.15) is 18.6 Å². The van der Waals surface area contributed by atoms with Crippen molar-refractivity contribution in [3.63, 3.8) is 0 Å². The van der Waals surface area contributed by atoms with E-state index in [2.05, 4.69) is 5.32 Å². The Morgan fingerprint density at radius 3 is 3.00 bits per heavy atom. The first-order valence-corrected chi connectivity index (χ1v) is 4.35. The fraction of sp³-hybridized carbons (Fsp3) is 0.444. The summed E-state index contributed by atoms with van der Waals surface area (Å²) < 4.78 is 5.15. The number of nitrogens with two attached hydrogens (primary N) is 1. The first-order chi connectivity index (χ1) is 6.29. The van der Waals surface area contributed by atoms with Gasteiger partial charge in [0.15, 0.2) is 0 Å². The Labute approximate surface area is 77.1 Å². The first kappa shape index (κ1) is 9.64. The van der Waals surface area contributed by atoms with Crippen molar-refractivity contribution in [3.8, 4) is 0 Å². The van der Waals surface area contributed by atoms with Gasteiger partial charge in [-0.15, -0.1) is 0 Å². The number of unbranched alkanes of at least 4 members (excludes halogenated alkanes) is 1. The molecule has 0 aliphatic heterocycles. The summed E-state index contributed by atoms with van der Waals surface area (Å²) in [6.07, 6.45) is 4.49. The summed E-state index contributed by atoms with van der Waals surface area (Å²) in [5.74, 6) is 0.985. The van der Waals surface area contributed by atoms with Gasteiger partial charge in [0.25, 0.3) is 0 Å². The third-order valence-electron chi connectivity index (χ3n) is 1.73. The highest BCUT2D eigenvalue weighted by molar-refractivity contribution is 5.71. The third kappa shape index (κ3) is 4.20. The molecule has 1 aromatic heterocycles. The SMILES string of the molecule is NC(=O)NCCCCc1ccco1. The summed E-state index contributed by atoms with van der Waals surface area (Å²) in [6.45, 7) is 0.635. The lowest BCUT2D eigenvalue weighted by Crippen LogP contribution is -2.30. The van der Waals surface area contributed by atoms with E-state index in [0.29, 0.717) is 6.54 Å². The maximum absolute atomic E-state index is 10.3. The Kier molecular flexibility index (Phi) is 3.88.